The minimum Gasteiger partial charge on any atom is -0.462 e. The Morgan fingerprint density at radius 2 is 1.53 bits per heavy atom. The topological polar surface area (TPSA) is 69.7 Å². The maximum Gasteiger partial charge on any atom is 0.306 e. The zero-order chi connectivity index (χ0) is 33.2. The monoisotopic (exact) mass is 622 g/mol. The molecule has 0 bridgehead atoms. The van der Waals surface area contributed by atoms with Crippen LogP contribution in [-0.2, 0) is 23.9 Å². The quantitative estimate of drug-likeness (QED) is 0.146. The van der Waals surface area contributed by atoms with Gasteiger partial charge in [0.2, 0.25) is 0 Å². The molecule has 0 aromatic rings. The Hall–Kier alpha value is -1.91. The lowest BCUT2D eigenvalue weighted by Crippen LogP contribution is -2.66. The third kappa shape index (κ3) is 5.38. The number of esters is 2. The van der Waals surface area contributed by atoms with Crippen molar-refractivity contribution in [1.29, 1.82) is 0 Å². The number of hydrogen-bond donors (Lipinski definition) is 0. The normalized spacial score (nSPS) is 43.5. The molecule has 5 aliphatic rings. The van der Waals surface area contributed by atoms with Crippen molar-refractivity contribution in [3.63, 3.8) is 0 Å². The summed E-state index contributed by atoms with van der Waals surface area (Å²) in [4.78, 5) is 38.3. The lowest BCUT2D eigenvalue weighted by molar-refractivity contribution is -0.248. The fourth-order valence-electron chi connectivity index (χ4n) is 12.8. The molecule has 0 aromatic heterocycles. The Morgan fingerprint density at radius 1 is 0.844 bits per heavy atom. The van der Waals surface area contributed by atoms with Crippen LogP contribution in [0.3, 0.4) is 0 Å². The van der Waals surface area contributed by atoms with Gasteiger partial charge in [0.1, 0.15) is 19.0 Å². The van der Waals surface area contributed by atoms with Crippen LogP contribution >= 0.6 is 0 Å². The van der Waals surface area contributed by atoms with Crippen LogP contribution in [0.2, 0.25) is 0 Å². The van der Waals surface area contributed by atoms with Crippen LogP contribution in [0.1, 0.15) is 132 Å². The van der Waals surface area contributed by atoms with Gasteiger partial charge in [-0.15, -0.1) is 0 Å². The predicted octanol–water partition coefficient (Wildman–Crippen LogP) is 9.29. The average Bonchev–Trinajstić information content (AvgIpc) is 3.34. The molecule has 0 aliphatic heterocycles. The van der Waals surface area contributed by atoms with Gasteiger partial charge in [-0.1, -0.05) is 73.3 Å². The standard InChI is InChI=1S/C40H62O5/c1-11-22-44-32(42)23-35(4,5)24-33(43)45-31-16-17-37(8)29(36(31,6)7)15-18-39(10)30(37)13-12-28-34-27(26(2)3)14-19-40(34,25-41)21-20-38(28,39)9/h11,25,27-31,34H,1-2,12-24H2,3-10H3/t27-,28+,29?,30?,31?,34?,37?,38+,39+,40?/m0/s1. The van der Waals surface area contributed by atoms with Gasteiger partial charge in [0.15, 0.2) is 0 Å². The molecule has 0 N–H and O–H groups in total. The third-order valence-corrected chi connectivity index (χ3v) is 15.2. The van der Waals surface area contributed by atoms with E-state index in [2.05, 4.69) is 54.7 Å². The molecule has 0 aromatic carbocycles. The van der Waals surface area contributed by atoms with Crippen molar-refractivity contribution in [2.75, 3.05) is 6.61 Å². The molecule has 0 saturated heterocycles. The second-order valence-electron chi connectivity index (χ2n) is 18.4. The van der Waals surface area contributed by atoms with Crippen molar-refractivity contribution in [3.8, 4) is 0 Å². The molecule has 6 unspecified atom stereocenters. The fourth-order valence-corrected chi connectivity index (χ4v) is 12.8. The molecule has 5 saturated carbocycles. The van der Waals surface area contributed by atoms with Gasteiger partial charge in [0, 0.05) is 10.8 Å². The van der Waals surface area contributed by atoms with E-state index in [9.17, 15) is 14.4 Å². The smallest absolute Gasteiger partial charge is 0.306 e. The van der Waals surface area contributed by atoms with Gasteiger partial charge in [0.25, 0.3) is 0 Å². The van der Waals surface area contributed by atoms with Crippen molar-refractivity contribution in [2.45, 2.75) is 139 Å². The molecule has 5 heteroatoms. The first-order valence-electron chi connectivity index (χ1n) is 18.0. The zero-order valence-electron chi connectivity index (χ0n) is 29.8. The molecule has 5 fully saturated rings. The summed E-state index contributed by atoms with van der Waals surface area (Å²) in [6.07, 6.45) is 14.3. The summed E-state index contributed by atoms with van der Waals surface area (Å²) in [5.41, 5.74) is 1.08. The van der Waals surface area contributed by atoms with E-state index in [0.29, 0.717) is 29.6 Å². The maximum atomic E-state index is 13.3. The average molecular weight is 623 g/mol. The molecule has 5 aliphatic carbocycles. The van der Waals surface area contributed by atoms with Crippen molar-refractivity contribution in [2.24, 2.45) is 62.1 Å². The predicted molar refractivity (Wildman–Crippen MR) is 179 cm³/mol. The first-order valence-corrected chi connectivity index (χ1v) is 18.0. The lowest BCUT2D eigenvalue weighted by Gasteiger charge is -2.72. The van der Waals surface area contributed by atoms with Crippen LogP contribution in [0.4, 0.5) is 0 Å². The van der Waals surface area contributed by atoms with Gasteiger partial charge in [-0.05, 0) is 122 Å². The van der Waals surface area contributed by atoms with Crippen LogP contribution in [-0.4, -0.2) is 30.9 Å². The molecule has 0 heterocycles. The highest BCUT2D eigenvalue weighted by atomic mass is 16.5. The largest absolute Gasteiger partial charge is 0.462 e. The number of rotatable bonds is 9. The minimum absolute atomic E-state index is 0.124. The van der Waals surface area contributed by atoms with Crippen molar-refractivity contribution >= 4 is 18.2 Å². The zero-order valence-corrected chi connectivity index (χ0v) is 29.8. The van der Waals surface area contributed by atoms with E-state index in [1.165, 1.54) is 31.1 Å². The van der Waals surface area contributed by atoms with Crippen LogP contribution < -0.4 is 0 Å². The Labute approximate surface area is 273 Å². The van der Waals surface area contributed by atoms with Gasteiger partial charge in [-0.2, -0.15) is 0 Å². The molecule has 0 spiro atoms. The van der Waals surface area contributed by atoms with E-state index in [4.69, 9.17) is 9.47 Å². The highest BCUT2D eigenvalue weighted by Crippen LogP contribution is 2.77. The fraction of sp³-hybridized carbons (Fsp3) is 0.825. The summed E-state index contributed by atoms with van der Waals surface area (Å²) in [6, 6.07) is 0. The second kappa shape index (κ2) is 11.7. The van der Waals surface area contributed by atoms with Gasteiger partial charge < -0.3 is 14.3 Å². The number of hydrogen-bond acceptors (Lipinski definition) is 5. The molecule has 0 amide bonds. The van der Waals surface area contributed by atoms with Crippen LogP contribution in [0.5, 0.6) is 0 Å². The highest BCUT2D eigenvalue weighted by molar-refractivity contribution is 5.74. The first-order chi connectivity index (χ1) is 20.9. The summed E-state index contributed by atoms with van der Waals surface area (Å²) in [5, 5.41) is 0. The van der Waals surface area contributed by atoms with Gasteiger partial charge in [-0.25, -0.2) is 0 Å². The van der Waals surface area contributed by atoms with Crippen molar-refractivity contribution < 1.29 is 23.9 Å². The van der Waals surface area contributed by atoms with Gasteiger partial charge >= 0.3 is 11.9 Å². The van der Waals surface area contributed by atoms with Crippen LogP contribution in [0.25, 0.3) is 0 Å². The Bertz CT molecular complexity index is 1210. The Kier molecular flexibility index (Phi) is 8.92. The van der Waals surface area contributed by atoms with E-state index in [-0.39, 0.29) is 64.6 Å². The molecule has 252 valence electrons. The summed E-state index contributed by atoms with van der Waals surface area (Å²) in [6.45, 7) is 26.8. The van der Waals surface area contributed by atoms with E-state index in [0.717, 1.165) is 44.9 Å². The Balaban J connectivity index is 1.33. The van der Waals surface area contributed by atoms with E-state index >= 15 is 0 Å². The van der Waals surface area contributed by atoms with Crippen molar-refractivity contribution in [3.05, 3.63) is 24.8 Å². The van der Waals surface area contributed by atoms with E-state index < -0.39 is 5.41 Å². The Morgan fingerprint density at radius 3 is 2.18 bits per heavy atom. The third-order valence-electron chi connectivity index (χ3n) is 15.2. The summed E-state index contributed by atoms with van der Waals surface area (Å²) in [7, 11) is 0. The number of fused-ring (bicyclic) bond motifs is 7. The van der Waals surface area contributed by atoms with Crippen LogP contribution in [0.15, 0.2) is 24.8 Å². The number of allylic oxidation sites excluding steroid dienone is 1. The molecule has 5 rings (SSSR count). The molecular formula is C40H62O5. The molecule has 0 radical (unpaired) electrons. The number of aldehydes is 1. The number of ether oxygens (including phenoxy) is 2. The molecule has 10 atom stereocenters. The first kappa shape index (κ1) is 34.4. The summed E-state index contributed by atoms with van der Waals surface area (Å²) >= 11 is 0. The number of carbonyl (C=O) groups excluding carboxylic acids is 3. The van der Waals surface area contributed by atoms with E-state index in [1.54, 1.807) is 6.08 Å². The van der Waals surface area contributed by atoms with Crippen LogP contribution in [0, 0.1) is 62.1 Å². The van der Waals surface area contributed by atoms with E-state index in [1.807, 2.05) is 13.8 Å². The second-order valence-corrected chi connectivity index (χ2v) is 18.4. The lowest BCUT2D eigenvalue weighted by atomic mass is 9.32. The molecule has 45 heavy (non-hydrogen) atoms. The van der Waals surface area contributed by atoms with Crippen molar-refractivity contribution in [1.82, 2.24) is 0 Å². The summed E-state index contributed by atoms with van der Waals surface area (Å²) in [5.74, 6) is 2.06. The molecular weight excluding hydrogens is 560 g/mol. The maximum absolute atomic E-state index is 13.3. The van der Waals surface area contributed by atoms with Gasteiger partial charge in [0.05, 0.1) is 12.8 Å². The molecule has 5 nitrogen and oxygen atoms in total. The highest BCUT2D eigenvalue weighted by Gasteiger charge is 2.71. The SMILES string of the molecule is C=CCOC(=O)CC(C)(C)CC(=O)OC1CCC2(C)C(CC[C@]3(C)C2CC[C@@H]2C4[C@H](C(=C)C)CCC4(C=O)CC[C@]23C)C1(C)C. The summed E-state index contributed by atoms with van der Waals surface area (Å²) < 4.78 is 11.5. The number of carbonyl (C=O) groups is 3. The van der Waals surface area contributed by atoms with Gasteiger partial charge in [-0.3, -0.25) is 9.59 Å². The minimum atomic E-state index is -0.534.